The first kappa shape index (κ1) is 15.1. The summed E-state index contributed by atoms with van der Waals surface area (Å²) in [5.41, 5.74) is -5.41. The maximum absolute atomic E-state index is 12.2. The van der Waals surface area contributed by atoms with Gasteiger partial charge in [-0.2, -0.15) is 21.6 Å². The van der Waals surface area contributed by atoms with Crippen LogP contribution in [0.5, 0.6) is 0 Å². The number of alkyl halides is 3. The topological polar surface area (TPSA) is 49.9 Å². The van der Waals surface area contributed by atoms with Crippen LogP contribution in [-0.2, 0) is 14.3 Å². The molecule has 1 heterocycles. The van der Waals surface area contributed by atoms with E-state index in [4.69, 9.17) is 0 Å². The standard InChI is InChI=1S/C9H15F3N2O3S/c1-3-4-5-14-7-6-13(2)8(14)17-18(15,16)9(10,11)12/h6-8H,3-5H2,1-2H3. The van der Waals surface area contributed by atoms with Gasteiger partial charge in [0.05, 0.1) is 0 Å². The second-order valence-electron chi connectivity index (χ2n) is 3.88. The number of hydrogen-bond donors (Lipinski definition) is 0. The summed E-state index contributed by atoms with van der Waals surface area (Å²) >= 11 is 0. The molecule has 0 amide bonds. The number of halogens is 3. The van der Waals surface area contributed by atoms with Crippen molar-refractivity contribution in [3.8, 4) is 0 Å². The zero-order valence-corrected chi connectivity index (χ0v) is 10.8. The largest absolute Gasteiger partial charge is 0.523 e. The first-order chi connectivity index (χ1) is 8.19. The molecule has 0 aromatic carbocycles. The monoisotopic (exact) mass is 288 g/mol. The highest BCUT2D eigenvalue weighted by Crippen LogP contribution is 2.28. The lowest BCUT2D eigenvalue weighted by atomic mass is 10.3. The van der Waals surface area contributed by atoms with Crippen molar-refractivity contribution in [2.24, 2.45) is 0 Å². The minimum absolute atomic E-state index is 0.426. The highest BCUT2D eigenvalue weighted by atomic mass is 32.2. The quantitative estimate of drug-likeness (QED) is 0.569. The fourth-order valence-corrected chi connectivity index (χ4v) is 1.97. The van der Waals surface area contributed by atoms with Crippen LogP contribution < -0.4 is 0 Å². The van der Waals surface area contributed by atoms with Crippen LogP contribution in [0.4, 0.5) is 13.2 Å². The molecule has 0 radical (unpaired) electrons. The smallest absolute Gasteiger partial charge is 0.336 e. The predicted molar refractivity (Wildman–Crippen MR) is 58.4 cm³/mol. The summed E-state index contributed by atoms with van der Waals surface area (Å²) in [4.78, 5) is 2.67. The Morgan fingerprint density at radius 3 is 2.44 bits per heavy atom. The minimum Gasteiger partial charge on any atom is -0.336 e. The van der Waals surface area contributed by atoms with E-state index in [1.54, 1.807) is 0 Å². The molecular formula is C9H15F3N2O3S. The SMILES string of the molecule is CCCCN1C=CN(C)C1OS(=O)(=O)C(F)(F)F. The number of unbranched alkanes of at least 4 members (excludes halogenated alkanes) is 1. The van der Waals surface area contributed by atoms with E-state index < -0.39 is 22.0 Å². The van der Waals surface area contributed by atoms with Gasteiger partial charge in [0.1, 0.15) is 0 Å². The molecule has 0 saturated heterocycles. The molecule has 0 spiro atoms. The van der Waals surface area contributed by atoms with Gasteiger partial charge in [-0.15, -0.1) is 0 Å². The molecule has 0 bridgehead atoms. The van der Waals surface area contributed by atoms with Crippen molar-refractivity contribution >= 4 is 10.1 Å². The van der Waals surface area contributed by atoms with Gasteiger partial charge in [-0.1, -0.05) is 13.3 Å². The van der Waals surface area contributed by atoms with Gasteiger partial charge in [0.15, 0.2) is 0 Å². The summed E-state index contributed by atoms with van der Waals surface area (Å²) in [7, 11) is -4.15. The third kappa shape index (κ3) is 3.29. The lowest BCUT2D eigenvalue weighted by Crippen LogP contribution is -2.43. The van der Waals surface area contributed by atoms with Crippen molar-refractivity contribution in [2.75, 3.05) is 13.6 Å². The van der Waals surface area contributed by atoms with Crippen LogP contribution in [0.15, 0.2) is 12.4 Å². The van der Waals surface area contributed by atoms with Crippen molar-refractivity contribution in [1.82, 2.24) is 9.80 Å². The van der Waals surface area contributed by atoms with Crippen LogP contribution in [0.25, 0.3) is 0 Å². The molecule has 1 atom stereocenters. The Bertz CT molecular complexity index is 408. The van der Waals surface area contributed by atoms with Crippen molar-refractivity contribution in [3.63, 3.8) is 0 Å². The van der Waals surface area contributed by atoms with Crippen LogP contribution in [-0.4, -0.2) is 43.7 Å². The zero-order chi connectivity index (χ0) is 14.0. The van der Waals surface area contributed by atoms with Gasteiger partial charge < -0.3 is 9.80 Å². The second-order valence-corrected chi connectivity index (χ2v) is 5.44. The van der Waals surface area contributed by atoms with Crippen LogP contribution in [0.3, 0.4) is 0 Å². The Kier molecular flexibility index (Phi) is 4.49. The molecule has 0 aromatic rings. The van der Waals surface area contributed by atoms with E-state index in [2.05, 4.69) is 4.18 Å². The van der Waals surface area contributed by atoms with Crippen LogP contribution >= 0.6 is 0 Å². The van der Waals surface area contributed by atoms with E-state index in [1.165, 1.54) is 29.2 Å². The molecule has 0 saturated carbocycles. The van der Waals surface area contributed by atoms with Crippen LogP contribution in [0.1, 0.15) is 19.8 Å². The molecule has 0 aliphatic carbocycles. The average Bonchev–Trinajstić information content (AvgIpc) is 2.56. The van der Waals surface area contributed by atoms with E-state index in [1.807, 2.05) is 6.92 Å². The number of nitrogens with zero attached hydrogens (tertiary/aromatic N) is 2. The average molecular weight is 288 g/mol. The third-order valence-corrected chi connectivity index (χ3v) is 3.38. The molecule has 1 aliphatic rings. The van der Waals surface area contributed by atoms with Gasteiger partial charge in [0.2, 0.25) is 6.35 Å². The van der Waals surface area contributed by atoms with Gasteiger partial charge >= 0.3 is 15.6 Å². The molecular weight excluding hydrogens is 273 g/mol. The highest BCUT2D eigenvalue weighted by Gasteiger charge is 2.50. The van der Waals surface area contributed by atoms with Gasteiger partial charge in [-0.3, -0.25) is 0 Å². The first-order valence-electron chi connectivity index (χ1n) is 5.34. The minimum atomic E-state index is -5.60. The molecule has 18 heavy (non-hydrogen) atoms. The van der Waals surface area contributed by atoms with Crippen molar-refractivity contribution in [1.29, 1.82) is 0 Å². The van der Waals surface area contributed by atoms with Gasteiger partial charge in [0, 0.05) is 26.0 Å². The summed E-state index contributed by atoms with van der Waals surface area (Å²) in [5.74, 6) is 0. The van der Waals surface area contributed by atoms with E-state index >= 15 is 0 Å². The number of hydrogen-bond acceptors (Lipinski definition) is 5. The lowest BCUT2D eigenvalue weighted by molar-refractivity contribution is -0.0769. The fraction of sp³-hybridized carbons (Fsp3) is 0.778. The first-order valence-corrected chi connectivity index (χ1v) is 6.75. The van der Waals surface area contributed by atoms with Crippen molar-refractivity contribution < 1.29 is 25.8 Å². The Morgan fingerprint density at radius 1 is 1.33 bits per heavy atom. The maximum Gasteiger partial charge on any atom is 0.523 e. The van der Waals surface area contributed by atoms with Crippen molar-refractivity contribution in [3.05, 3.63) is 12.4 Å². The van der Waals surface area contributed by atoms with E-state index in [-0.39, 0.29) is 0 Å². The van der Waals surface area contributed by atoms with Crippen LogP contribution in [0, 0.1) is 0 Å². The molecule has 106 valence electrons. The van der Waals surface area contributed by atoms with Gasteiger partial charge in [-0.05, 0) is 6.42 Å². The van der Waals surface area contributed by atoms with Gasteiger partial charge in [0.25, 0.3) is 0 Å². The zero-order valence-electron chi connectivity index (χ0n) is 10.0. The fourth-order valence-electron chi connectivity index (χ4n) is 1.39. The summed E-state index contributed by atoms with van der Waals surface area (Å²) in [5, 5.41) is 0. The third-order valence-electron chi connectivity index (χ3n) is 2.39. The molecule has 0 fully saturated rings. The van der Waals surface area contributed by atoms with E-state index in [9.17, 15) is 21.6 Å². The maximum atomic E-state index is 12.2. The summed E-state index contributed by atoms with van der Waals surface area (Å²) in [6, 6.07) is 0. The van der Waals surface area contributed by atoms with Gasteiger partial charge in [-0.25, -0.2) is 4.18 Å². The number of rotatable bonds is 5. The Hall–Kier alpha value is -0.960. The molecule has 5 nitrogen and oxygen atoms in total. The molecule has 1 rings (SSSR count). The van der Waals surface area contributed by atoms with Crippen molar-refractivity contribution in [2.45, 2.75) is 31.6 Å². The molecule has 0 aromatic heterocycles. The molecule has 0 N–H and O–H groups in total. The molecule has 1 aliphatic heterocycles. The Balaban J connectivity index is 2.76. The Labute approximate surface area is 104 Å². The predicted octanol–water partition coefficient (Wildman–Crippen LogP) is 1.65. The molecule has 9 heteroatoms. The summed E-state index contributed by atoms with van der Waals surface area (Å²) in [6.07, 6.45) is 3.26. The second kappa shape index (κ2) is 5.35. The normalized spacial score (nSPS) is 20.8. The molecule has 1 unspecified atom stereocenters. The van der Waals surface area contributed by atoms with E-state index in [0.29, 0.717) is 6.54 Å². The summed E-state index contributed by atoms with van der Waals surface area (Å²) in [6.45, 7) is 2.35. The highest BCUT2D eigenvalue weighted by molar-refractivity contribution is 7.87. The van der Waals surface area contributed by atoms with Crippen LogP contribution in [0.2, 0.25) is 0 Å². The Morgan fingerprint density at radius 2 is 1.94 bits per heavy atom. The van der Waals surface area contributed by atoms with E-state index in [0.717, 1.165) is 12.8 Å². The summed E-state index contributed by atoms with van der Waals surface area (Å²) < 4.78 is 62.8. The lowest BCUT2D eigenvalue weighted by Gasteiger charge is -2.29.